The van der Waals surface area contributed by atoms with Crippen LogP contribution in [0, 0.1) is 0 Å². The maximum Gasteiger partial charge on any atom is 0.342 e. The van der Waals surface area contributed by atoms with Gasteiger partial charge in [-0.15, -0.1) is 0 Å². The van der Waals surface area contributed by atoms with Crippen LogP contribution in [0.25, 0.3) is 0 Å². The van der Waals surface area contributed by atoms with Crippen molar-refractivity contribution in [2.75, 3.05) is 6.61 Å². The van der Waals surface area contributed by atoms with Crippen molar-refractivity contribution in [1.82, 2.24) is 0 Å². The van der Waals surface area contributed by atoms with Crippen molar-refractivity contribution in [3.8, 4) is 0 Å². The highest BCUT2D eigenvalue weighted by Crippen LogP contribution is 2.49. The van der Waals surface area contributed by atoms with E-state index in [0.717, 1.165) is 19.3 Å². The summed E-state index contributed by atoms with van der Waals surface area (Å²) in [6.07, 6.45) is 18.5. The second-order valence-corrected chi connectivity index (χ2v) is 10.2. The van der Waals surface area contributed by atoms with Crippen molar-refractivity contribution in [2.45, 2.75) is 122 Å². The number of carbonyl (C=O) groups is 2. The van der Waals surface area contributed by atoms with E-state index in [2.05, 4.69) is 6.92 Å². The molecule has 0 rings (SSSR count). The minimum atomic E-state index is -4.48. The molecule has 0 amide bonds. The number of carboxylic acid groups (broad SMARTS) is 2. The van der Waals surface area contributed by atoms with Crippen LogP contribution in [0.4, 0.5) is 0 Å². The Kier molecular flexibility index (Phi) is 18.3. The molecule has 0 saturated carbocycles. The highest BCUT2D eigenvalue weighted by atomic mass is 31.2. The van der Waals surface area contributed by atoms with E-state index in [4.69, 9.17) is 14.7 Å². The van der Waals surface area contributed by atoms with Crippen LogP contribution >= 0.6 is 7.60 Å². The minimum absolute atomic E-state index is 0.0321. The van der Waals surface area contributed by atoms with E-state index in [1.807, 2.05) is 0 Å². The van der Waals surface area contributed by atoms with Crippen molar-refractivity contribution in [3.05, 3.63) is 0 Å². The van der Waals surface area contributed by atoms with Gasteiger partial charge in [0.05, 0.1) is 13.0 Å². The van der Waals surface area contributed by atoms with E-state index < -0.39 is 31.6 Å². The van der Waals surface area contributed by atoms with Gasteiger partial charge < -0.3 is 19.6 Å². The average Bonchev–Trinajstić information content (AvgIpc) is 2.68. The topological polar surface area (TPSA) is 121 Å². The predicted octanol–water partition coefficient (Wildman–Crippen LogP) is 6.38. The van der Waals surface area contributed by atoms with Gasteiger partial charge in [0.25, 0.3) is 0 Å². The van der Waals surface area contributed by atoms with Crippen LogP contribution in [0.2, 0.25) is 0 Å². The third-order valence-electron chi connectivity index (χ3n) is 5.32. The van der Waals surface area contributed by atoms with Crippen molar-refractivity contribution in [1.29, 1.82) is 0 Å². The van der Waals surface area contributed by atoms with Gasteiger partial charge in [-0.2, -0.15) is 0 Å². The van der Waals surface area contributed by atoms with Crippen molar-refractivity contribution >= 4 is 19.5 Å². The molecule has 7 nitrogen and oxygen atoms in total. The Morgan fingerprint density at radius 1 is 0.733 bits per heavy atom. The molecule has 0 aliphatic heterocycles. The molecular weight excluding hydrogens is 407 g/mol. The van der Waals surface area contributed by atoms with Crippen LogP contribution in [0.3, 0.4) is 0 Å². The van der Waals surface area contributed by atoms with Crippen LogP contribution in [-0.4, -0.2) is 39.3 Å². The molecule has 0 bridgehead atoms. The van der Waals surface area contributed by atoms with E-state index in [-0.39, 0.29) is 6.61 Å². The van der Waals surface area contributed by atoms with E-state index in [1.54, 1.807) is 0 Å². The van der Waals surface area contributed by atoms with Gasteiger partial charge in [-0.1, -0.05) is 103 Å². The normalized spacial score (nSPS) is 14.3. The molecule has 0 heterocycles. The Bertz CT molecular complexity index is 496. The van der Waals surface area contributed by atoms with Crippen LogP contribution in [0.1, 0.15) is 116 Å². The smallest absolute Gasteiger partial charge is 0.342 e. The molecule has 0 aromatic rings. The molecule has 0 fully saturated rings. The molecule has 0 aliphatic carbocycles. The van der Waals surface area contributed by atoms with Crippen molar-refractivity contribution < 1.29 is 33.8 Å². The second-order valence-electron chi connectivity index (χ2n) is 8.15. The molecule has 0 aromatic heterocycles. The number of hydrogen-bond acceptors (Lipinski definition) is 4. The Balaban J connectivity index is 3.52. The zero-order valence-corrected chi connectivity index (χ0v) is 19.6. The molecular formula is C22H43O7P. The lowest BCUT2D eigenvalue weighted by Crippen LogP contribution is -2.25. The highest BCUT2D eigenvalue weighted by molar-refractivity contribution is 7.54. The van der Waals surface area contributed by atoms with Gasteiger partial charge in [-0.3, -0.25) is 14.2 Å². The molecule has 3 N–H and O–H groups in total. The Hall–Kier alpha value is -0.910. The summed E-state index contributed by atoms with van der Waals surface area (Å²) in [5.74, 6) is -3.07. The van der Waals surface area contributed by atoms with E-state index in [9.17, 15) is 19.0 Å². The lowest BCUT2D eigenvalue weighted by molar-refractivity contribution is -0.143. The number of unbranched alkanes of at least 4 members (excludes halogenated alkanes) is 15. The van der Waals surface area contributed by atoms with Gasteiger partial charge in [0.1, 0.15) is 0 Å². The molecule has 8 heteroatoms. The Morgan fingerprint density at radius 2 is 1.10 bits per heavy atom. The summed E-state index contributed by atoms with van der Waals surface area (Å²) in [4.78, 5) is 31.3. The maximum absolute atomic E-state index is 11.9. The average molecular weight is 451 g/mol. The third kappa shape index (κ3) is 16.8. The molecule has 178 valence electrons. The minimum Gasteiger partial charge on any atom is -0.481 e. The van der Waals surface area contributed by atoms with Crippen LogP contribution in [0.15, 0.2) is 0 Å². The SMILES string of the molecule is CCCCCCCCCCCCCCCCCCOP(=O)(O)C(CC(=O)O)C(=O)O. The Morgan fingerprint density at radius 3 is 1.43 bits per heavy atom. The summed E-state index contributed by atoms with van der Waals surface area (Å²) in [6.45, 7) is 2.21. The van der Waals surface area contributed by atoms with Crippen molar-refractivity contribution in [3.63, 3.8) is 0 Å². The standard InChI is InChI=1S/C22H43O7P/c1-2-3-4-5-6-7-8-9-10-11-12-13-14-15-16-17-18-29-30(27,28)20(22(25)26)19-21(23)24/h20H,2-19H2,1H3,(H,23,24)(H,25,26)(H,27,28). The predicted molar refractivity (Wildman–Crippen MR) is 119 cm³/mol. The number of hydrogen-bond donors (Lipinski definition) is 3. The molecule has 0 aliphatic rings. The summed E-state index contributed by atoms with van der Waals surface area (Å²) in [6, 6.07) is 0. The lowest BCUT2D eigenvalue weighted by Gasteiger charge is -2.17. The third-order valence-corrected chi connectivity index (χ3v) is 7.06. The lowest BCUT2D eigenvalue weighted by atomic mass is 10.0. The van der Waals surface area contributed by atoms with Crippen LogP contribution in [-0.2, 0) is 18.7 Å². The Labute approximate surface area is 182 Å². The van der Waals surface area contributed by atoms with Crippen LogP contribution < -0.4 is 0 Å². The summed E-state index contributed by atoms with van der Waals surface area (Å²) in [5, 5.41) is 17.6. The first-order valence-electron chi connectivity index (χ1n) is 11.7. The zero-order valence-electron chi connectivity index (χ0n) is 18.7. The largest absolute Gasteiger partial charge is 0.481 e. The first-order chi connectivity index (χ1) is 14.3. The fourth-order valence-electron chi connectivity index (χ4n) is 3.44. The van der Waals surface area contributed by atoms with E-state index >= 15 is 0 Å². The van der Waals surface area contributed by atoms with E-state index in [0.29, 0.717) is 6.42 Å². The van der Waals surface area contributed by atoms with Gasteiger partial charge in [0.2, 0.25) is 0 Å². The van der Waals surface area contributed by atoms with Gasteiger partial charge in [0, 0.05) is 0 Å². The summed E-state index contributed by atoms with van der Waals surface area (Å²) < 4.78 is 16.8. The van der Waals surface area contributed by atoms with Gasteiger partial charge in [-0.05, 0) is 6.42 Å². The molecule has 0 aromatic carbocycles. The monoisotopic (exact) mass is 450 g/mol. The number of carboxylic acids is 2. The van der Waals surface area contributed by atoms with E-state index in [1.165, 1.54) is 77.0 Å². The summed E-state index contributed by atoms with van der Waals surface area (Å²) >= 11 is 0. The second kappa shape index (κ2) is 18.8. The molecule has 30 heavy (non-hydrogen) atoms. The number of rotatable bonds is 22. The summed E-state index contributed by atoms with van der Waals surface area (Å²) in [7, 11) is -4.48. The van der Waals surface area contributed by atoms with Gasteiger partial charge in [-0.25, -0.2) is 0 Å². The quantitative estimate of drug-likeness (QED) is 0.129. The van der Waals surface area contributed by atoms with Crippen LogP contribution in [0.5, 0.6) is 0 Å². The zero-order chi connectivity index (χ0) is 22.7. The van der Waals surface area contributed by atoms with Gasteiger partial charge >= 0.3 is 19.5 Å². The first kappa shape index (κ1) is 29.1. The highest BCUT2D eigenvalue weighted by Gasteiger charge is 2.40. The maximum atomic E-state index is 11.9. The molecule has 0 saturated heterocycles. The van der Waals surface area contributed by atoms with Crippen molar-refractivity contribution in [2.24, 2.45) is 0 Å². The number of aliphatic carboxylic acids is 2. The molecule has 2 unspecified atom stereocenters. The molecule has 0 spiro atoms. The first-order valence-corrected chi connectivity index (χ1v) is 13.4. The molecule has 2 atom stereocenters. The summed E-state index contributed by atoms with van der Waals surface area (Å²) in [5.41, 5.74) is -1.92. The fourth-order valence-corrected chi connectivity index (χ4v) is 4.68. The van der Waals surface area contributed by atoms with Gasteiger partial charge in [0.15, 0.2) is 5.66 Å². The fraction of sp³-hybridized carbons (Fsp3) is 0.909. The molecule has 0 radical (unpaired) electrons.